The molecule has 2 aromatic heterocycles. The Kier molecular flexibility index (Phi) is 3.22. The van der Waals surface area contributed by atoms with E-state index in [0.29, 0.717) is 17.4 Å². The van der Waals surface area contributed by atoms with Crippen LogP contribution in [0.4, 0.5) is 5.82 Å². The van der Waals surface area contributed by atoms with E-state index in [2.05, 4.69) is 43.0 Å². The highest BCUT2D eigenvalue weighted by atomic mass is 127. The van der Waals surface area contributed by atoms with E-state index in [-0.39, 0.29) is 0 Å². The number of anilines is 1. The molecule has 16 heavy (non-hydrogen) atoms. The van der Waals surface area contributed by atoms with E-state index in [1.807, 2.05) is 6.20 Å². The van der Waals surface area contributed by atoms with Crippen LogP contribution in [-0.4, -0.2) is 33.9 Å². The van der Waals surface area contributed by atoms with Gasteiger partial charge in [0.2, 0.25) is 11.6 Å². The van der Waals surface area contributed by atoms with Crippen molar-refractivity contribution in [2.24, 2.45) is 0 Å². The molecule has 0 aromatic carbocycles. The number of hydrogen-bond acceptors (Lipinski definition) is 5. The number of nitrogens with one attached hydrogen (secondary N) is 1. The van der Waals surface area contributed by atoms with E-state index in [9.17, 15) is 0 Å². The monoisotopic (exact) mass is 331 g/mol. The van der Waals surface area contributed by atoms with Gasteiger partial charge < -0.3 is 10.1 Å². The molecule has 0 aliphatic carbocycles. The van der Waals surface area contributed by atoms with Crippen molar-refractivity contribution in [1.82, 2.24) is 19.7 Å². The first-order valence-electron chi connectivity index (χ1n) is 4.53. The lowest BCUT2D eigenvalue weighted by Crippen LogP contribution is -2.05. The second-order valence-electron chi connectivity index (χ2n) is 2.93. The lowest BCUT2D eigenvalue weighted by atomic mass is 10.4. The molecule has 84 valence electrons. The summed E-state index contributed by atoms with van der Waals surface area (Å²) in [5.74, 6) is 1.83. The van der Waals surface area contributed by atoms with Gasteiger partial charge in [-0.2, -0.15) is 5.10 Å². The third-order valence-electron chi connectivity index (χ3n) is 1.99. The SMILES string of the molecule is CNc1ncnc(-n2cc(I)cn2)c1OC. The minimum atomic E-state index is 0.574. The number of methoxy groups -OCH3 is 1. The Balaban J connectivity index is 2.56. The Hall–Kier alpha value is -1.38. The summed E-state index contributed by atoms with van der Waals surface area (Å²) in [7, 11) is 3.36. The second-order valence-corrected chi connectivity index (χ2v) is 4.18. The number of nitrogens with zero attached hydrogens (tertiary/aromatic N) is 4. The molecule has 7 heteroatoms. The number of halogens is 1. The highest BCUT2D eigenvalue weighted by molar-refractivity contribution is 14.1. The van der Waals surface area contributed by atoms with Gasteiger partial charge in [-0.15, -0.1) is 0 Å². The standard InChI is InChI=1S/C9H10IN5O/c1-11-8-7(16-2)9(13-5-12-8)15-4-6(10)3-14-15/h3-5H,1-2H3,(H,11,12,13). The van der Waals surface area contributed by atoms with Crippen LogP contribution in [0, 0.1) is 3.57 Å². The first-order valence-corrected chi connectivity index (χ1v) is 5.61. The van der Waals surface area contributed by atoms with Crippen LogP contribution in [0.25, 0.3) is 5.82 Å². The smallest absolute Gasteiger partial charge is 0.206 e. The van der Waals surface area contributed by atoms with Crippen molar-refractivity contribution in [3.05, 3.63) is 22.3 Å². The molecule has 0 atom stereocenters. The van der Waals surface area contributed by atoms with E-state index in [0.717, 1.165) is 3.57 Å². The molecule has 1 N–H and O–H groups in total. The highest BCUT2D eigenvalue weighted by Crippen LogP contribution is 2.26. The van der Waals surface area contributed by atoms with E-state index < -0.39 is 0 Å². The molecule has 0 unspecified atom stereocenters. The van der Waals surface area contributed by atoms with Crippen molar-refractivity contribution < 1.29 is 4.74 Å². The zero-order valence-corrected chi connectivity index (χ0v) is 11.0. The molecule has 0 saturated heterocycles. The Labute approximate surface area is 106 Å². The van der Waals surface area contributed by atoms with Gasteiger partial charge in [-0.1, -0.05) is 0 Å². The number of hydrogen-bond donors (Lipinski definition) is 1. The molecule has 0 spiro atoms. The molecule has 0 aliphatic rings. The van der Waals surface area contributed by atoms with Crippen LogP contribution in [-0.2, 0) is 0 Å². The molecule has 0 bridgehead atoms. The van der Waals surface area contributed by atoms with Crippen LogP contribution in [0.15, 0.2) is 18.7 Å². The summed E-state index contributed by atoms with van der Waals surface area (Å²) >= 11 is 2.19. The van der Waals surface area contributed by atoms with E-state index in [1.165, 1.54) is 6.33 Å². The molecular weight excluding hydrogens is 321 g/mol. The van der Waals surface area contributed by atoms with Crippen molar-refractivity contribution in [1.29, 1.82) is 0 Å². The lowest BCUT2D eigenvalue weighted by molar-refractivity contribution is 0.409. The van der Waals surface area contributed by atoms with E-state index in [1.54, 1.807) is 25.0 Å². The molecule has 2 rings (SSSR count). The first kappa shape index (κ1) is 11.1. The zero-order valence-electron chi connectivity index (χ0n) is 8.81. The molecule has 0 saturated carbocycles. The molecule has 0 radical (unpaired) electrons. The average Bonchev–Trinajstić information content (AvgIpc) is 2.74. The third kappa shape index (κ3) is 1.94. The molecule has 6 nitrogen and oxygen atoms in total. The quantitative estimate of drug-likeness (QED) is 0.860. The predicted molar refractivity (Wildman–Crippen MR) is 68.0 cm³/mol. The van der Waals surface area contributed by atoms with Gasteiger partial charge in [0.1, 0.15) is 6.33 Å². The van der Waals surface area contributed by atoms with E-state index in [4.69, 9.17) is 4.74 Å². The fourth-order valence-electron chi connectivity index (χ4n) is 1.31. The van der Waals surface area contributed by atoms with Gasteiger partial charge in [0.05, 0.1) is 16.9 Å². The lowest BCUT2D eigenvalue weighted by Gasteiger charge is -2.10. The minimum absolute atomic E-state index is 0.574. The predicted octanol–water partition coefficient (Wildman–Crippen LogP) is 1.32. The fraction of sp³-hybridized carbons (Fsp3) is 0.222. The normalized spacial score (nSPS) is 10.2. The molecule has 0 amide bonds. The topological polar surface area (TPSA) is 64.9 Å². The number of ether oxygens (including phenoxy) is 1. The zero-order chi connectivity index (χ0) is 11.5. The first-order chi connectivity index (χ1) is 7.76. The Morgan fingerprint density at radius 2 is 2.25 bits per heavy atom. The van der Waals surface area contributed by atoms with Crippen molar-refractivity contribution >= 4 is 28.4 Å². The maximum absolute atomic E-state index is 5.28. The summed E-state index contributed by atoms with van der Waals surface area (Å²) in [6.07, 6.45) is 5.09. The van der Waals surface area contributed by atoms with E-state index >= 15 is 0 Å². The maximum Gasteiger partial charge on any atom is 0.206 e. The summed E-state index contributed by atoms with van der Waals surface area (Å²) in [4.78, 5) is 8.23. The highest BCUT2D eigenvalue weighted by Gasteiger charge is 2.13. The van der Waals surface area contributed by atoms with Gasteiger partial charge in [0, 0.05) is 13.2 Å². The summed E-state index contributed by atoms with van der Waals surface area (Å²) < 4.78 is 7.97. The second kappa shape index (κ2) is 4.64. The minimum Gasteiger partial charge on any atom is -0.490 e. The Morgan fingerprint density at radius 3 is 2.81 bits per heavy atom. The van der Waals surface area contributed by atoms with Crippen LogP contribution in [0.1, 0.15) is 0 Å². The molecule has 2 aromatic rings. The van der Waals surface area contributed by atoms with Crippen molar-refractivity contribution in [3.63, 3.8) is 0 Å². The van der Waals surface area contributed by atoms with Crippen molar-refractivity contribution in [3.8, 4) is 11.6 Å². The maximum atomic E-state index is 5.28. The van der Waals surface area contributed by atoms with Crippen molar-refractivity contribution in [2.75, 3.05) is 19.5 Å². The van der Waals surface area contributed by atoms with Gasteiger partial charge >= 0.3 is 0 Å². The summed E-state index contributed by atoms with van der Waals surface area (Å²) in [6, 6.07) is 0. The Morgan fingerprint density at radius 1 is 1.44 bits per heavy atom. The van der Waals surface area contributed by atoms with Gasteiger partial charge in [-0.05, 0) is 22.6 Å². The van der Waals surface area contributed by atoms with Gasteiger partial charge in [0.15, 0.2) is 5.82 Å². The summed E-state index contributed by atoms with van der Waals surface area (Å²) in [6.45, 7) is 0. The van der Waals surface area contributed by atoms with Crippen LogP contribution >= 0.6 is 22.6 Å². The van der Waals surface area contributed by atoms with Gasteiger partial charge in [0.25, 0.3) is 0 Å². The summed E-state index contributed by atoms with van der Waals surface area (Å²) in [5.41, 5.74) is 0. The Bertz CT molecular complexity index is 498. The molecule has 0 aliphatic heterocycles. The van der Waals surface area contributed by atoms with Crippen LogP contribution in [0.3, 0.4) is 0 Å². The van der Waals surface area contributed by atoms with Crippen LogP contribution in [0.5, 0.6) is 5.75 Å². The largest absolute Gasteiger partial charge is 0.490 e. The van der Waals surface area contributed by atoms with Crippen LogP contribution < -0.4 is 10.1 Å². The number of aromatic nitrogens is 4. The molecular formula is C9H10IN5O. The van der Waals surface area contributed by atoms with Gasteiger partial charge in [-0.25, -0.2) is 14.6 Å². The van der Waals surface area contributed by atoms with Crippen LogP contribution in [0.2, 0.25) is 0 Å². The molecule has 0 fully saturated rings. The fourth-order valence-corrected chi connectivity index (χ4v) is 1.70. The third-order valence-corrected chi connectivity index (χ3v) is 2.55. The summed E-state index contributed by atoms with van der Waals surface area (Å²) in [5, 5.41) is 7.13. The number of rotatable bonds is 3. The van der Waals surface area contributed by atoms with Gasteiger partial charge in [-0.3, -0.25) is 0 Å². The molecule has 2 heterocycles. The van der Waals surface area contributed by atoms with Crippen molar-refractivity contribution in [2.45, 2.75) is 0 Å². The average molecular weight is 331 g/mol.